The lowest BCUT2D eigenvalue weighted by atomic mass is 9.88. The van der Waals surface area contributed by atoms with Gasteiger partial charge in [0.15, 0.2) is 0 Å². The van der Waals surface area contributed by atoms with E-state index in [9.17, 15) is 0 Å². The molecule has 0 aliphatic rings. The van der Waals surface area contributed by atoms with E-state index < -0.39 is 0 Å². The molecule has 0 spiro atoms. The van der Waals surface area contributed by atoms with Gasteiger partial charge in [-0.3, -0.25) is 4.98 Å². The highest BCUT2D eigenvalue weighted by Gasteiger charge is 2.11. The third-order valence-electron chi connectivity index (χ3n) is 8.95. The highest BCUT2D eigenvalue weighted by atomic mass is 14.6. The Hall–Kier alpha value is -1.73. The average Bonchev–Trinajstić information content (AvgIpc) is 3.03. The lowest BCUT2D eigenvalue weighted by Gasteiger charge is -2.17. The Morgan fingerprint density at radius 1 is 0.419 bits per heavy atom. The maximum atomic E-state index is 4.27. The second kappa shape index (κ2) is 33.2. The molecule has 0 saturated carbocycles. The zero-order valence-corrected chi connectivity index (χ0v) is 29.0. The third-order valence-corrected chi connectivity index (χ3v) is 8.95. The molecule has 0 N–H and O–H groups in total. The van der Waals surface area contributed by atoms with Gasteiger partial charge in [-0.05, 0) is 62.1 Å². The van der Waals surface area contributed by atoms with E-state index in [2.05, 4.69) is 54.6 Å². The van der Waals surface area contributed by atoms with Crippen LogP contribution in [0, 0.1) is 23.7 Å². The predicted octanol–water partition coefficient (Wildman–Crippen LogP) is 13.9. The topological polar surface area (TPSA) is 12.9 Å². The van der Waals surface area contributed by atoms with Gasteiger partial charge in [0.2, 0.25) is 0 Å². The number of pyridine rings is 1. The van der Waals surface area contributed by atoms with E-state index in [0.717, 1.165) is 25.7 Å². The first-order valence-corrected chi connectivity index (χ1v) is 19.2. The molecule has 244 valence electrons. The van der Waals surface area contributed by atoms with Gasteiger partial charge in [-0.25, -0.2) is 0 Å². The first-order chi connectivity index (χ1) is 21.4. The van der Waals surface area contributed by atoms with Crippen LogP contribution in [0.3, 0.4) is 0 Å². The lowest BCUT2D eigenvalue weighted by molar-refractivity contribution is 0.485. The van der Waals surface area contributed by atoms with E-state index in [4.69, 9.17) is 0 Å². The molecule has 1 rings (SSSR count). The van der Waals surface area contributed by atoms with Crippen molar-refractivity contribution in [2.75, 3.05) is 0 Å². The Balaban J connectivity index is 2.02. The molecule has 1 heterocycles. The summed E-state index contributed by atoms with van der Waals surface area (Å²) in [6.45, 7) is 4.57. The quantitative estimate of drug-likeness (QED) is 0.0669. The highest BCUT2D eigenvalue weighted by Crippen LogP contribution is 2.28. The second-order valence-corrected chi connectivity index (χ2v) is 13.0. The molecule has 0 aromatic carbocycles. The van der Waals surface area contributed by atoms with Crippen LogP contribution < -0.4 is 0 Å². The molecular formula is C42H71N. The molecule has 43 heavy (non-hydrogen) atoms. The molecule has 1 nitrogen and oxygen atoms in total. The van der Waals surface area contributed by atoms with E-state index in [-0.39, 0.29) is 0 Å². The van der Waals surface area contributed by atoms with Gasteiger partial charge in [0, 0.05) is 38.1 Å². The normalized spacial score (nSPS) is 10.9. The van der Waals surface area contributed by atoms with Gasteiger partial charge in [0.1, 0.15) is 0 Å². The minimum Gasteiger partial charge on any atom is -0.265 e. The van der Waals surface area contributed by atoms with Crippen molar-refractivity contribution in [1.29, 1.82) is 0 Å². The Labute approximate surface area is 270 Å². The molecular weight excluding hydrogens is 518 g/mol. The molecule has 0 aliphatic carbocycles. The molecule has 1 aromatic heterocycles. The zero-order valence-electron chi connectivity index (χ0n) is 29.0. The third kappa shape index (κ3) is 27.5. The maximum Gasteiger partial charge on any atom is 0.0270 e. The Kier molecular flexibility index (Phi) is 30.3. The van der Waals surface area contributed by atoms with Crippen LogP contribution in [0.1, 0.15) is 218 Å². The van der Waals surface area contributed by atoms with Gasteiger partial charge in [-0.1, -0.05) is 142 Å². The number of aromatic nitrogens is 1. The summed E-state index contributed by atoms with van der Waals surface area (Å²) in [6.07, 6.45) is 43.8. The first-order valence-electron chi connectivity index (χ1n) is 19.2. The summed E-state index contributed by atoms with van der Waals surface area (Å²) in [5.41, 5.74) is 1.51. The first kappa shape index (κ1) is 39.3. The van der Waals surface area contributed by atoms with Crippen LogP contribution in [0.25, 0.3) is 0 Å². The predicted molar refractivity (Wildman–Crippen MR) is 192 cm³/mol. The van der Waals surface area contributed by atoms with E-state index >= 15 is 0 Å². The van der Waals surface area contributed by atoms with Crippen LogP contribution in [-0.4, -0.2) is 4.98 Å². The van der Waals surface area contributed by atoms with Crippen molar-refractivity contribution < 1.29 is 0 Å². The standard InChI is InChI=1S/C42H71N/c1-3-5-7-9-11-13-15-17-19-21-23-25-27-29-31-33-35-41(42-37-39-43-40-38-42)36-34-32-30-28-26-24-22-20-18-16-14-12-10-8-6-4-2/h37-41H,3-16,21-36H2,1-2H3. The van der Waals surface area contributed by atoms with Gasteiger partial charge in [0.05, 0.1) is 0 Å². The van der Waals surface area contributed by atoms with Crippen molar-refractivity contribution >= 4 is 0 Å². The molecule has 0 atom stereocenters. The van der Waals surface area contributed by atoms with Gasteiger partial charge >= 0.3 is 0 Å². The second-order valence-electron chi connectivity index (χ2n) is 13.0. The summed E-state index contributed by atoms with van der Waals surface area (Å²) in [6, 6.07) is 4.51. The van der Waals surface area contributed by atoms with Crippen molar-refractivity contribution in [2.24, 2.45) is 0 Å². The summed E-state index contributed by atoms with van der Waals surface area (Å²) in [7, 11) is 0. The summed E-state index contributed by atoms with van der Waals surface area (Å²) < 4.78 is 0. The van der Waals surface area contributed by atoms with E-state index in [1.807, 2.05) is 12.4 Å². The number of hydrogen-bond acceptors (Lipinski definition) is 1. The van der Waals surface area contributed by atoms with Crippen LogP contribution in [0.2, 0.25) is 0 Å². The molecule has 0 radical (unpaired) electrons. The van der Waals surface area contributed by atoms with Crippen LogP contribution in [0.4, 0.5) is 0 Å². The van der Waals surface area contributed by atoms with Crippen LogP contribution in [0.5, 0.6) is 0 Å². The summed E-state index contributed by atoms with van der Waals surface area (Å²) in [5, 5.41) is 0. The van der Waals surface area contributed by atoms with E-state index in [0.29, 0.717) is 5.92 Å². The molecule has 0 aliphatic heterocycles. The van der Waals surface area contributed by atoms with Crippen molar-refractivity contribution in [3.63, 3.8) is 0 Å². The molecule has 0 saturated heterocycles. The summed E-state index contributed by atoms with van der Waals surface area (Å²) in [4.78, 5) is 4.27. The molecule has 0 bridgehead atoms. The number of rotatable bonds is 29. The van der Waals surface area contributed by atoms with Gasteiger partial charge < -0.3 is 0 Å². The maximum absolute atomic E-state index is 4.27. The van der Waals surface area contributed by atoms with Crippen molar-refractivity contribution in [1.82, 2.24) is 4.98 Å². The largest absolute Gasteiger partial charge is 0.265 e. The highest BCUT2D eigenvalue weighted by molar-refractivity contribution is 5.15. The van der Waals surface area contributed by atoms with Crippen LogP contribution >= 0.6 is 0 Å². The Morgan fingerprint density at radius 2 is 0.721 bits per heavy atom. The molecule has 0 fully saturated rings. The minimum atomic E-state index is 0.715. The van der Waals surface area contributed by atoms with E-state index in [1.165, 1.54) is 173 Å². The smallest absolute Gasteiger partial charge is 0.0270 e. The zero-order chi connectivity index (χ0) is 30.7. The van der Waals surface area contributed by atoms with Crippen molar-refractivity contribution in [2.45, 2.75) is 212 Å². The van der Waals surface area contributed by atoms with Gasteiger partial charge in [0.25, 0.3) is 0 Å². The molecule has 0 amide bonds. The van der Waals surface area contributed by atoms with Gasteiger partial charge in [-0.2, -0.15) is 0 Å². The fourth-order valence-electron chi connectivity index (χ4n) is 6.08. The monoisotopic (exact) mass is 590 g/mol. The van der Waals surface area contributed by atoms with Crippen LogP contribution in [0.15, 0.2) is 24.5 Å². The SMILES string of the molecule is CCCCCCCCC#CCCCCCCCCC(CCCCCCCCC#CCCCCCCCC)c1ccncc1. The molecule has 1 heteroatoms. The van der Waals surface area contributed by atoms with E-state index in [1.54, 1.807) is 0 Å². The summed E-state index contributed by atoms with van der Waals surface area (Å²) in [5.74, 6) is 14.4. The van der Waals surface area contributed by atoms with Crippen molar-refractivity contribution in [3.8, 4) is 23.7 Å². The fraction of sp³-hybridized carbons (Fsp3) is 0.786. The fourth-order valence-corrected chi connectivity index (χ4v) is 6.08. The lowest BCUT2D eigenvalue weighted by Crippen LogP contribution is -2.00. The Bertz CT molecular complexity index is 754. The van der Waals surface area contributed by atoms with Crippen LogP contribution in [-0.2, 0) is 0 Å². The molecule has 1 aromatic rings. The number of hydrogen-bond donors (Lipinski definition) is 0. The van der Waals surface area contributed by atoms with Gasteiger partial charge in [-0.15, -0.1) is 23.7 Å². The molecule has 0 unspecified atom stereocenters. The summed E-state index contributed by atoms with van der Waals surface area (Å²) >= 11 is 0. The number of unbranched alkanes of at least 4 members (excludes halogenated alkanes) is 24. The average molecular weight is 590 g/mol. The Morgan fingerprint density at radius 3 is 1.07 bits per heavy atom. The number of nitrogens with zero attached hydrogens (tertiary/aromatic N) is 1. The minimum absolute atomic E-state index is 0.715. The van der Waals surface area contributed by atoms with Crippen molar-refractivity contribution in [3.05, 3.63) is 30.1 Å².